The number of rotatable bonds is 6. The SMILES string of the molecule is CCOCc1nc2c(cnc3cc(OCc4ccccc4)ccc32)[nH]1. The van der Waals surface area contributed by atoms with Crippen molar-refractivity contribution < 1.29 is 9.47 Å². The molecule has 0 unspecified atom stereocenters. The van der Waals surface area contributed by atoms with Gasteiger partial charge in [0.25, 0.3) is 0 Å². The first-order valence-corrected chi connectivity index (χ1v) is 8.35. The first kappa shape index (κ1) is 15.6. The van der Waals surface area contributed by atoms with Crippen LogP contribution in [0.4, 0.5) is 0 Å². The van der Waals surface area contributed by atoms with Gasteiger partial charge in [-0.15, -0.1) is 0 Å². The van der Waals surface area contributed by atoms with Crippen LogP contribution in [0.2, 0.25) is 0 Å². The highest BCUT2D eigenvalue weighted by Crippen LogP contribution is 2.26. The molecular weight excluding hydrogens is 314 g/mol. The second-order valence-electron chi connectivity index (χ2n) is 5.79. The lowest BCUT2D eigenvalue weighted by Gasteiger charge is -2.07. The number of ether oxygens (including phenoxy) is 2. The summed E-state index contributed by atoms with van der Waals surface area (Å²) < 4.78 is 11.3. The van der Waals surface area contributed by atoms with Crippen LogP contribution in [0, 0.1) is 0 Å². The molecule has 0 atom stereocenters. The minimum absolute atomic E-state index is 0.477. The molecule has 2 heterocycles. The second kappa shape index (κ2) is 6.91. The highest BCUT2D eigenvalue weighted by atomic mass is 16.5. The summed E-state index contributed by atoms with van der Waals surface area (Å²) in [7, 11) is 0. The number of H-pyrrole nitrogens is 1. The van der Waals surface area contributed by atoms with Crippen LogP contribution in [0.3, 0.4) is 0 Å². The van der Waals surface area contributed by atoms with Gasteiger partial charge in [0.05, 0.1) is 22.7 Å². The molecule has 0 bridgehead atoms. The highest BCUT2D eigenvalue weighted by Gasteiger charge is 2.09. The Kier molecular flexibility index (Phi) is 4.31. The Morgan fingerprint density at radius 1 is 1.04 bits per heavy atom. The smallest absolute Gasteiger partial charge is 0.133 e. The van der Waals surface area contributed by atoms with Gasteiger partial charge in [-0.3, -0.25) is 4.98 Å². The molecule has 5 heteroatoms. The summed E-state index contributed by atoms with van der Waals surface area (Å²) in [6.45, 7) is 3.65. The first-order valence-electron chi connectivity index (χ1n) is 8.35. The number of aromatic amines is 1. The molecular formula is C20H19N3O2. The predicted molar refractivity (Wildman–Crippen MR) is 97.5 cm³/mol. The number of aromatic nitrogens is 3. The Hall–Kier alpha value is -2.92. The van der Waals surface area contributed by atoms with Gasteiger partial charge in [0.1, 0.15) is 24.8 Å². The fraction of sp³-hybridized carbons (Fsp3) is 0.200. The summed E-state index contributed by atoms with van der Waals surface area (Å²) in [6, 6.07) is 16.0. The molecule has 4 aromatic rings. The summed E-state index contributed by atoms with van der Waals surface area (Å²) >= 11 is 0. The van der Waals surface area contributed by atoms with Gasteiger partial charge in [0, 0.05) is 18.1 Å². The molecule has 0 saturated heterocycles. The number of nitrogens with zero attached hydrogens (tertiary/aromatic N) is 2. The molecule has 0 fully saturated rings. The average Bonchev–Trinajstić information content (AvgIpc) is 3.08. The Morgan fingerprint density at radius 3 is 2.76 bits per heavy atom. The van der Waals surface area contributed by atoms with E-state index in [-0.39, 0.29) is 0 Å². The Morgan fingerprint density at radius 2 is 1.92 bits per heavy atom. The zero-order chi connectivity index (χ0) is 17.1. The monoisotopic (exact) mass is 333 g/mol. The van der Waals surface area contributed by atoms with Gasteiger partial charge in [-0.2, -0.15) is 0 Å². The quantitative estimate of drug-likeness (QED) is 0.574. The lowest BCUT2D eigenvalue weighted by Crippen LogP contribution is -1.95. The topological polar surface area (TPSA) is 60.0 Å². The van der Waals surface area contributed by atoms with Crippen LogP contribution in [-0.4, -0.2) is 21.6 Å². The van der Waals surface area contributed by atoms with Gasteiger partial charge in [0.2, 0.25) is 0 Å². The van der Waals surface area contributed by atoms with E-state index in [1.54, 1.807) is 6.20 Å². The summed E-state index contributed by atoms with van der Waals surface area (Å²) in [5.41, 5.74) is 3.83. The van der Waals surface area contributed by atoms with Crippen LogP contribution in [0.25, 0.3) is 21.9 Å². The van der Waals surface area contributed by atoms with Crippen molar-refractivity contribution >= 4 is 21.9 Å². The molecule has 126 valence electrons. The second-order valence-corrected chi connectivity index (χ2v) is 5.79. The van der Waals surface area contributed by atoms with E-state index < -0.39 is 0 Å². The summed E-state index contributed by atoms with van der Waals surface area (Å²) in [4.78, 5) is 12.4. The average molecular weight is 333 g/mol. The van der Waals surface area contributed by atoms with Crippen molar-refractivity contribution in [2.75, 3.05) is 6.61 Å². The van der Waals surface area contributed by atoms with Crippen molar-refractivity contribution in [3.63, 3.8) is 0 Å². The van der Waals surface area contributed by atoms with Crippen molar-refractivity contribution in [1.29, 1.82) is 0 Å². The molecule has 0 aliphatic carbocycles. The van der Waals surface area contributed by atoms with E-state index >= 15 is 0 Å². The third-order valence-electron chi connectivity index (χ3n) is 4.03. The lowest BCUT2D eigenvalue weighted by molar-refractivity contribution is 0.129. The molecule has 5 nitrogen and oxygen atoms in total. The zero-order valence-corrected chi connectivity index (χ0v) is 14.0. The Balaban J connectivity index is 1.61. The Labute approximate surface area is 145 Å². The maximum absolute atomic E-state index is 5.88. The van der Waals surface area contributed by atoms with E-state index in [1.165, 1.54) is 0 Å². The first-order chi connectivity index (χ1) is 12.3. The number of fused-ring (bicyclic) bond motifs is 3. The van der Waals surface area contributed by atoms with Crippen LogP contribution in [0.1, 0.15) is 18.3 Å². The molecule has 0 saturated carbocycles. The van der Waals surface area contributed by atoms with Crippen molar-refractivity contribution in [2.24, 2.45) is 0 Å². The number of hydrogen-bond donors (Lipinski definition) is 1. The molecule has 0 radical (unpaired) electrons. The van der Waals surface area contributed by atoms with Crippen LogP contribution in [0.5, 0.6) is 5.75 Å². The number of hydrogen-bond acceptors (Lipinski definition) is 4. The standard InChI is InChI=1S/C20H19N3O2/c1-2-24-13-19-22-18-11-21-17-10-15(8-9-16(17)20(18)23-19)25-12-14-6-4-3-5-7-14/h3-11H,2,12-13H2,1H3,(H,22,23). The molecule has 0 spiro atoms. The molecule has 1 N–H and O–H groups in total. The zero-order valence-electron chi connectivity index (χ0n) is 14.0. The van der Waals surface area contributed by atoms with Crippen LogP contribution in [-0.2, 0) is 18.0 Å². The van der Waals surface area contributed by atoms with Gasteiger partial charge in [-0.25, -0.2) is 4.98 Å². The van der Waals surface area contributed by atoms with Gasteiger partial charge < -0.3 is 14.5 Å². The minimum Gasteiger partial charge on any atom is -0.489 e. The molecule has 2 aromatic carbocycles. The minimum atomic E-state index is 0.477. The fourth-order valence-electron chi connectivity index (χ4n) is 2.79. The highest BCUT2D eigenvalue weighted by molar-refractivity contribution is 6.02. The maximum Gasteiger partial charge on any atom is 0.133 e. The van der Waals surface area contributed by atoms with Crippen LogP contribution in [0.15, 0.2) is 54.7 Å². The largest absolute Gasteiger partial charge is 0.489 e. The third kappa shape index (κ3) is 3.32. The summed E-state index contributed by atoms with van der Waals surface area (Å²) in [6.07, 6.45) is 1.81. The third-order valence-corrected chi connectivity index (χ3v) is 4.03. The molecule has 0 aliphatic heterocycles. The van der Waals surface area contributed by atoms with E-state index in [9.17, 15) is 0 Å². The van der Waals surface area contributed by atoms with Crippen LogP contribution >= 0.6 is 0 Å². The van der Waals surface area contributed by atoms with Gasteiger partial charge in [0.15, 0.2) is 0 Å². The molecule has 2 aromatic heterocycles. The number of benzene rings is 2. The predicted octanol–water partition coefficient (Wildman–Crippen LogP) is 4.23. The van der Waals surface area contributed by atoms with E-state index in [0.717, 1.165) is 39.1 Å². The Bertz CT molecular complexity index is 996. The maximum atomic E-state index is 5.88. The summed E-state index contributed by atoms with van der Waals surface area (Å²) in [5, 5.41) is 1.00. The van der Waals surface area contributed by atoms with Crippen molar-refractivity contribution in [3.05, 3.63) is 66.1 Å². The van der Waals surface area contributed by atoms with Crippen molar-refractivity contribution in [2.45, 2.75) is 20.1 Å². The lowest BCUT2D eigenvalue weighted by atomic mass is 10.2. The van der Waals surface area contributed by atoms with Gasteiger partial charge in [-0.05, 0) is 24.6 Å². The molecule has 0 aliphatic rings. The number of pyridine rings is 1. The summed E-state index contributed by atoms with van der Waals surface area (Å²) in [5.74, 6) is 1.61. The van der Waals surface area contributed by atoms with E-state index in [1.807, 2.05) is 55.5 Å². The number of nitrogens with one attached hydrogen (secondary N) is 1. The van der Waals surface area contributed by atoms with Gasteiger partial charge in [-0.1, -0.05) is 30.3 Å². The normalized spacial score (nSPS) is 11.2. The van der Waals surface area contributed by atoms with Crippen molar-refractivity contribution in [3.8, 4) is 5.75 Å². The molecule has 25 heavy (non-hydrogen) atoms. The van der Waals surface area contributed by atoms with E-state index in [2.05, 4.69) is 15.0 Å². The number of imidazole rings is 1. The van der Waals surface area contributed by atoms with E-state index in [0.29, 0.717) is 19.8 Å². The van der Waals surface area contributed by atoms with Gasteiger partial charge >= 0.3 is 0 Å². The molecule has 0 amide bonds. The van der Waals surface area contributed by atoms with E-state index in [4.69, 9.17) is 9.47 Å². The van der Waals surface area contributed by atoms with Crippen LogP contribution < -0.4 is 4.74 Å². The fourth-order valence-corrected chi connectivity index (χ4v) is 2.79. The molecule has 4 rings (SSSR count). The van der Waals surface area contributed by atoms with Crippen molar-refractivity contribution in [1.82, 2.24) is 15.0 Å².